The van der Waals surface area contributed by atoms with Gasteiger partial charge in [0.15, 0.2) is 0 Å². The van der Waals surface area contributed by atoms with Gasteiger partial charge in [0.1, 0.15) is 47.1 Å². The molecule has 2 aromatic rings. The Bertz CT molecular complexity index is 1380. The summed E-state index contributed by atoms with van der Waals surface area (Å²) < 4.78 is 29.8. The van der Waals surface area contributed by atoms with Gasteiger partial charge in [0.25, 0.3) is 11.8 Å². The zero-order valence-electron chi connectivity index (χ0n) is 22.0. The first-order chi connectivity index (χ1) is 17.4. The average molecular weight is 533 g/mol. The van der Waals surface area contributed by atoms with Crippen molar-refractivity contribution in [2.45, 2.75) is 34.3 Å². The topological polar surface area (TPSA) is 95.6 Å². The number of alkyl halides is 2. The number of benzene rings is 2. The second-order valence-corrected chi connectivity index (χ2v) is 11.7. The second-order valence-electron chi connectivity index (χ2n) is 11.3. The molecule has 0 spiro atoms. The maximum absolute atomic E-state index is 14.9. The van der Waals surface area contributed by atoms with Crippen LogP contribution >= 0.6 is 11.6 Å². The van der Waals surface area contributed by atoms with E-state index in [1.807, 2.05) is 0 Å². The molecule has 4 rings (SSSR count). The smallest absolute Gasteiger partial charge is 0.349 e. The summed E-state index contributed by atoms with van der Waals surface area (Å²) in [6.45, 7) is 0.0888. The van der Waals surface area contributed by atoms with Crippen molar-refractivity contribution in [2.24, 2.45) is 0 Å². The molecule has 0 aliphatic carbocycles. The number of fused-ring (bicyclic) bond motifs is 1. The third-order valence-electron chi connectivity index (χ3n) is 8.31. The summed E-state index contributed by atoms with van der Waals surface area (Å²) in [5.41, 5.74) is -0.306. The highest BCUT2D eigenvalue weighted by Gasteiger charge is 2.58. The van der Waals surface area contributed by atoms with Crippen LogP contribution in [0.3, 0.4) is 0 Å². The molecule has 1 saturated heterocycles. The fourth-order valence-electron chi connectivity index (χ4n) is 5.15. The minimum Gasteiger partial charge on any atom is -0.357 e. The Labute approximate surface area is 229 Å². The van der Waals surface area contributed by atoms with Gasteiger partial charge in [0.2, 0.25) is 11.8 Å². The molecule has 0 bridgehead atoms. The van der Waals surface area contributed by atoms with Crippen LogP contribution in [0.2, 0.25) is 16.1 Å². The number of nitrogens with zero attached hydrogens (tertiary/aromatic N) is 1. The first-order valence-electron chi connectivity index (χ1n) is 12.2. The quantitative estimate of drug-likeness (QED) is 0.307. The Morgan fingerprint density at radius 1 is 1.03 bits per heavy atom. The molecule has 1 fully saturated rings. The molecule has 38 heavy (non-hydrogen) atoms. The number of hydrogen-bond donors (Lipinski definition) is 2. The minimum atomic E-state index is -3.80. The molecule has 0 saturated carbocycles. The van der Waals surface area contributed by atoms with E-state index in [0.717, 1.165) is 12.1 Å². The van der Waals surface area contributed by atoms with Crippen molar-refractivity contribution in [3.63, 3.8) is 0 Å². The van der Waals surface area contributed by atoms with Gasteiger partial charge in [0.05, 0.1) is 5.44 Å². The van der Waals surface area contributed by atoms with Gasteiger partial charge in [-0.1, -0.05) is 35.9 Å². The third-order valence-corrected chi connectivity index (χ3v) is 8.56. The molecule has 0 aromatic heterocycles. The van der Waals surface area contributed by atoms with Gasteiger partial charge < -0.3 is 10.2 Å². The van der Waals surface area contributed by atoms with Crippen LogP contribution in [0.1, 0.15) is 27.0 Å². The Kier molecular flexibility index (Phi) is 6.70. The number of carbonyl (C=O) groups is 4. The molecular formula is C22H24B6ClF2N3O4. The highest BCUT2D eigenvalue weighted by molar-refractivity contribution is 6.58. The van der Waals surface area contributed by atoms with E-state index in [2.05, 4.69) is 10.6 Å². The van der Waals surface area contributed by atoms with Crippen LogP contribution in [0.4, 0.5) is 8.78 Å². The maximum atomic E-state index is 14.9. The van der Waals surface area contributed by atoms with Gasteiger partial charge >= 0.3 is 5.92 Å². The van der Waals surface area contributed by atoms with Gasteiger partial charge in [-0.15, -0.1) is 0 Å². The van der Waals surface area contributed by atoms with E-state index in [-0.39, 0.29) is 17.5 Å². The Morgan fingerprint density at radius 3 is 2.21 bits per heavy atom. The first kappa shape index (κ1) is 28.1. The van der Waals surface area contributed by atoms with Crippen molar-refractivity contribution < 1.29 is 28.0 Å². The summed E-state index contributed by atoms with van der Waals surface area (Å²) in [5, 5.41) is 2.98. The molecular weight excluding hydrogens is 509 g/mol. The van der Waals surface area contributed by atoms with E-state index in [9.17, 15) is 28.0 Å². The summed E-state index contributed by atoms with van der Waals surface area (Å²) >= 11 is 5.78. The van der Waals surface area contributed by atoms with E-state index >= 15 is 0 Å². The van der Waals surface area contributed by atoms with E-state index < -0.39 is 51.0 Å². The molecule has 2 aromatic carbocycles. The molecule has 2 N–H and O–H groups in total. The Hall–Kier alpha value is -2.94. The molecule has 7 nitrogen and oxygen atoms in total. The lowest BCUT2D eigenvalue weighted by molar-refractivity contribution is -0.147. The van der Waals surface area contributed by atoms with Crippen LogP contribution in [0.25, 0.3) is 0 Å². The molecule has 2 aliphatic rings. The lowest BCUT2D eigenvalue weighted by Gasteiger charge is -2.51. The highest BCUT2D eigenvalue weighted by Crippen LogP contribution is 2.47. The van der Waals surface area contributed by atoms with Crippen molar-refractivity contribution in [1.82, 2.24) is 15.5 Å². The summed E-state index contributed by atoms with van der Waals surface area (Å²) in [6, 6.07) is 9.63. The molecule has 2 aliphatic heterocycles. The van der Waals surface area contributed by atoms with E-state index in [4.69, 9.17) is 11.6 Å². The Morgan fingerprint density at radius 2 is 1.61 bits per heavy atom. The standard InChI is InChI=1S/C22H24B6ClF2N3O4/c23-15-19(24,25)16(36)32-17(37)20(15,26)34-8-9-7-11(3-6-13(9)14(34)35)22(27,28)33-18(38)21(30,31)10-1-4-12(29)5-2-10/h1-7,15H,8,23-28H2,(H,33,38)(H,32,36,37)/t15?,20-/m0/s1. The summed E-state index contributed by atoms with van der Waals surface area (Å²) in [6.07, 6.45) is 0. The third kappa shape index (κ3) is 4.28. The summed E-state index contributed by atoms with van der Waals surface area (Å²) in [4.78, 5) is 53.0. The van der Waals surface area contributed by atoms with Crippen LogP contribution in [0, 0.1) is 0 Å². The van der Waals surface area contributed by atoms with E-state index in [1.54, 1.807) is 65.3 Å². The van der Waals surface area contributed by atoms with Gasteiger partial charge in [-0.2, -0.15) is 8.78 Å². The van der Waals surface area contributed by atoms with Gasteiger partial charge in [-0.25, -0.2) is 0 Å². The van der Waals surface area contributed by atoms with Crippen LogP contribution in [0.15, 0.2) is 42.5 Å². The van der Waals surface area contributed by atoms with E-state index in [1.165, 1.54) is 17.0 Å². The monoisotopic (exact) mass is 533 g/mol. The molecule has 1 unspecified atom stereocenters. The maximum Gasteiger partial charge on any atom is 0.349 e. The number of nitrogens with one attached hydrogen (secondary N) is 2. The molecule has 16 heteroatoms. The fourth-order valence-corrected chi connectivity index (χ4v) is 5.28. The van der Waals surface area contributed by atoms with Gasteiger partial charge in [0, 0.05) is 28.0 Å². The van der Waals surface area contributed by atoms with Crippen LogP contribution in [-0.2, 0) is 32.2 Å². The number of imide groups is 1. The van der Waals surface area contributed by atoms with E-state index in [0.29, 0.717) is 16.7 Å². The predicted molar refractivity (Wildman–Crippen MR) is 155 cm³/mol. The van der Waals surface area contributed by atoms with Crippen molar-refractivity contribution in [3.05, 3.63) is 69.7 Å². The Balaban J connectivity index is 1.60. The van der Waals surface area contributed by atoms with Crippen molar-refractivity contribution in [1.29, 1.82) is 0 Å². The molecule has 2 atom stereocenters. The average Bonchev–Trinajstić information content (AvgIpc) is 3.18. The first-order valence-corrected chi connectivity index (χ1v) is 12.6. The molecule has 4 amide bonds. The zero-order valence-corrected chi connectivity index (χ0v) is 22.8. The van der Waals surface area contributed by atoms with Crippen LogP contribution in [-0.4, -0.2) is 81.0 Å². The van der Waals surface area contributed by atoms with Crippen molar-refractivity contribution >= 4 is 82.3 Å². The highest BCUT2D eigenvalue weighted by atomic mass is 35.5. The SMILES string of the molecule is BC1C(B)(B)C(=O)NC(=O)[C@@]1(B)N1Cc2cc(C(B)(B)NC(=O)C(F)(F)c3ccc(Cl)cc3)ccc2C1=O. The number of piperidine rings is 1. The summed E-state index contributed by atoms with van der Waals surface area (Å²) in [5.74, 6) is -7.07. The van der Waals surface area contributed by atoms with Gasteiger partial charge in [-0.3, -0.25) is 24.5 Å². The van der Waals surface area contributed by atoms with Crippen molar-refractivity contribution in [2.75, 3.05) is 0 Å². The normalized spacial score (nSPS) is 23.1. The van der Waals surface area contributed by atoms with Crippen molar-refractivity contribution in [3.8, 4) is 0 Å². The number of carbonyl (C=O) groups excluding carboxylic acids is 4. The predicted octanol–water partition coefficient (Wildman–Crippen LogP) is -3.63. The second kappa shape index (κ2) is 9.07. The summed E-state index contributed by atoms with van der Waals surface area (Å²) in [7, 11) is 10.1. The molecule has 2 heterocycles. The van der Waals surface area contributed by atoms with Crippen LogP contribution < -0.4 is 10.6 Å². The number of halogens is 3. The number of rotatable bonds is 5. The number of hydrogen-bond acceptors (Lipinski definition) is 4. The zero-order chi connectivity index (χ0) is 28.4. The number of amides is 4. The lowest BCUT2D eigenvalue weighted by atomic mass is 9.35. The van der Waals surface area contributed by atoms with Crippen LogP contribution in [0.5, 0.6) is 0 Å². The van der Waals surface area contributed by atoms with Gasteiger partial charge in [-0.05, 0) is 40.4 Å². The molecule has 190 valence electrons. The minimum absolute atomic E-state index is 0.0888. The lowest BCUT2D eigenvalue weighted by Crippen LogP contribution is -2.70. The molecule has 0 radical (unpaired) electrons. The largest absolute Gasteiger partial charge is 0.357 e. The fraction of sp³-hybridized carbons (Fsp3) is 0.273.